The van der Waals surface area contributed by atoms with Crippen molar-refractivity contribution < 1.29 is 4.74 Å². The van der Waals surface area contributed by atoms with Gasteiger partial charge in [-0.3, -0.25) is 0 Å². The third kappa shape index (κ3) is 6.07. The molecule has 1 saturated carbocycles. The maximum absolute atomic E-state index is 5.65. The largest absolute Gasteiger partial charge is 0.377 e. The Labute approximate surface area is 171 Å². The van der Waals surface area contributed by atoms with Gasteiger partial charge in [0, 0.05) is 6.61 Å². The molecule has 3 rings (SSSR count). The van der Waals surface area contributed by atoms with E-state index in [1.54, 1.807) is 0 Å². The van der Waals surface area contributed by atoms with Crippen LogP contribution in [0, 0.1) is 5.92 Å². The van der Waals surface area contributed by atoms with E-state index in [0.29, 0.717) is 12.5 Å². The molecule has 0 radical (unpaired) electrons. The first-order valence-electron chi connectivity index (χ1n) is 11.2. The van der Waals surface area contributed by atoms with Crippen molar-refractivity contribution in [3.8, 4) is 11.1 Å². The normalized spacial score (nSPS) is 19.5. The molecule has 1 aliphatic rings. The molecule has 28 heavy (non-hydrogen) atoms. The van der Waals surface area contributed by atoms with E-state index in [4.69, 9.17) is 4.74 Å². The smallest absolute Gasteiger partial charge is 0.0644 e. The zero-order valence-corrected chi connectivity index (χ0v) is 17.5. The van der Waals surface area contributed by atoms with Crippen LogP contribution in [0.15, 0.2) is 61.2 Å². The average Bonchev–Trinajstić information content (AvgIpc) is 2.75. The second kappa shape index (κ2) is 11.2. The quantitative estimate of drug-likeness (QED) is 0.307. The summed E-state index contributed by atoms with van der Waals surface area (Å²) in [7, 11) is 0. The molecule has 0 unspecified atom stereocenters. The first-order chi connectivity index (χ1) is 13.8. The van der Waals surface area contributed by atoms with Crippen LogP contribution in [-0.4, -0.2) is 13.2 Å². The van der Waals surface area contributed by atoms with Crippen LogP contribution >= 0.6 is 0 Å². The van der Waals surface area contributed by atoms with E-state index < -0.39 is 0 Å². The highest BCUT2D eigenvalue weighted by molar-refractivity contribution is 5.64. The number of hydrogen-bond acceptors (Lipinski definition) is 1. The van der Waals surface area contributed by atoms with Crippen molar-refractivity contribution in [1.82, 2.24) is 0 Å². The number of aryl methyl sites for hydroxylation is 1. The van der Waals surface area contributed by atoms with Crippen molar-refractivity contribution in [2.75, 3.05) is 13.2 Å². The molecule has 1 aliphatic carbocycles. The van der Waals surface area contributed by atoms with Crippen molar-refractivity contribution in [3.05, 3.63) is 72.3 Å². The molecule has 2 aromatic rings. The first-order valence-corrected chi connectivity index (χ1v) is 11.2. The number of rotatable bonds is 10. The van der Waals surface area contributed by atoms with Crippen LogP contribution in [-0.2, 0) is 11.2 Å². The summed E-state index contributed by atoms with van der Waals surface area (Å²) in [5, 5.41) is 0. The molecule has 1 fully saturated rings. The zero-order valence-electron chi connectivity index (χ0n) is 17.5. The summed E-state index contributed by atoms with van der Waals surface area (Å²) in [6, 6.07) is 18.5. The summed E-state index contributed by atoms with van der Waals surface area (Å²) in [6.45, 7) is 7.56. The van der Waals surface area contributed by atoms with E-state index >= 15 is 0 Å². The molecule has 0 spiro atoms. The van der Waals surface area contributed by atoms with Gasteiger partial charge in [-0.15, -0.1) is 6.58 Å². The van der Waals surface area contributed by atoms with Crippen LogP contribution in [0.2, 0.25) is 0 Å². The van der Waals surface area contributed by atoms with Gasteiger partial charge in [0.25, 0.3) is 0 Å². The monoisotopic (exact) mass is 376 g/mol. The standard InChI is InChI=1S/C27H36O/c1-3-5-6-7-22-8-12-24(13-9-22)26-16-18-27(19-17-26)25-14-10-23(11-15-25)21-28-20-4-2/h4,8-9,12-13,16-19,23,25H,2-3,5-7,10-11,14-15,20-21H2,1H3/t23-,25-. The SMILES string of the molecule is C=CCOC[C@H]1CC[C@H](c2ccc(-c3ccc(CCCCC)cc3)cc2)CC1. The van der Waals surface area contributed by atoms with Crippen LogP contribution in [0.5, 0.6) is 0 Å². The lowest BCUT2D eigenvalue weighted by atomic mass is 9.79. The van der Waals surface area contributed by atoms with Gasteiger partial charge < -0.3 is 4.74 Å². The summed E-state index contributed by atoms with van der Waals surface area (Å²) in [6.07, 6.45) is 12.1. The molecule has 0 bridgehead atoms. The predicted octanol–water partition coefficient (Wildman–Crippen LogP) is 7.56. The zero-order chi connectivity index (χ0) is 19.6. The molecule has 0 aliphatic heterocycles. The molecular weight excluding hydrogens is 340 g/mol. The lowest BCUT2D eigenvalue weighted by molar-refractivity contribution is 0.102. The van der Waals surface area contributed by atoms with E-state index in [0.717, 1.165) is 12.5 Å². The van der Waals surface area contributed by atoms with Gasteiger partial charge in [-0.1, -0.05) is 74.4 Å². The molecule has 0 saturated heterocycles. The van der Waals surface area contributed by atoms with Gasteiger partial charge in [0.2, 0.25) is 0 Å². The number of hydrogen-bond donors (Lipinski definition) is 0. The van der Waals surface area contributed by atoms with E-state index in [1.807, 2.05) is 6.08 Å². The van der Waals surface area contributed by atoms with Gasteiger partial charge in [-0.2, -0.15) is 0 Å². The Morgan fingerprint density at radius 3 is 2.14 bits per heavy atom. The van der Waals surface area contributed by atoms with E-state index in [-0.39, 0.29) is 0 Å². The van der Waals surface area contributed by atoms with E-state index in [9.17, 15) is 0 Å². The molecule has 1 nitrogen and oxygen atoms in total. The Balaban J connectivity index is 1.52. The van der Waals surface area contributed by atoms with Crippen LogP contribution in [0.1, 0.15) is 68.9 Å². The highest BCUT2D eigenvalue weighted by atomic mass is 16.5. The average molecular weight is 377 g/mol. The van der Waals surface area contributed by atoms with Crippen molar-refractivity contribution >= 4 is 0 Å². The van der Waals surface area contributed by atoms with E-state index in [1.165, 1.54) is 73.6 Å². The summed E-state index contributed by atoms with van der Waals surface area (Å²) in [5.41, 5.74) is 5.62. The van der Waals surface area contributed by atoms with Crippen molar-refractivity contribution in [2.24, 2.45) is 5.92 Å². The minimum absolute atomic E-state index is 0.682. The first kappa shape index (κ1) is 20.9. The van der Waals surface area contributed by atoms with Crippen molar-refractivity contribution in [3.63, 3.8) is 0 Å². The Morgan fingerprint density at radius 1 is 0.893 bits per heavy atom. The number of unbranched alkanes of at least 4 members (excludes halogenated alkanes) is 2. The second-order valence-corrected chi connectivity index (χ2v) is 8.32. The fourth-order valence-electron chi connectivity index (χ4n) is 4.37. The lowest BCUT2D eigenvalue weighted by Gasteiger charge is -2.28. The molecule has 0 atom stereocenters. The molecule has 2 aromatic carbocycles. The molecule has 0 aromatic heterocycles. The summed E-state index contributed by atoms with van der Waals surface area (Å²) >= 11 is 0. The third-order valence-electron chi connectivity index (χ3n) is 6.17. The van der Waals surface area contributed by atoms with Crippen LogP contribution in [0.3, 0.4) is 0 Å². The van der Waals surface area contributed by atoms with E-state index in [2.05, 4.69) is 62.0 Å². The molecule has 0 heterocycles. The van der Waals surface area contributed by atoms with Crippen LogP contribution < -0.4 is 0 Å². The highest BCUT2D eigenvalue weighted by Crippen LogP contribution is 2.36. The van der Waals surface area contributed by atoms with Gasteiger partial charge in [-0.25, -0.2) is 0 Å². The van der Waals surface area contributed by atoms with Gasteiger partial charge in [0.1, 0.15) is 0 Å². The Kier molecular flexibility index (Phi) is 8.36. The Morgan fingerprint density at radius 2 is 1.54 bits per heavy atom. The van der Waals surface area contributed by atoms with Crippen molar-refractivity contribution in [2.45, 2.75) is 64.2 Å². The third-order valence-corrected chi connectivity index (χ3v) is 6.17. The van der Waals surface area contributed by atoms with Gasteiger partial charge >= 0.3 is 0 Å². The molecule has 1 heteroatoms. The summed E-state index contributed by atoms with van der Waals surface area (Å²) in [4.78, 5) is 0. The fourth-order valence-corrected chi connectivity index (χ4v) is 4.37. The van der Waals surface area contributed by atoms with Gasteiger partial charge in [0.05, 0.1) is 6.61 Å². The molecular formula is C27H36O. The van der Waals surface area contributed by atoms with Crippen LogP contribution in [0.25, 0.3) is 11.1 Å². The maximum atomic E-state index is 5.65. The topological polar surface area (TPSA) is 9.23 Å². The number of ether oxygens (including phenoxy) is 1. The summed E-state index contributed by atoms with van der Waals surface area (Å²) in [5.74, 6) is 1.44. The lowest BCUT2D eigenvalue weighted by Crippen LogP contribution is -2.18. The fraction of sp³-hybridized carbons (Fsp3) is 0.481. The van der Waals surface area contributed by atoms with Crippen LogP contribution in [0.4, 0.5) is 0 Å². The van der Waals surface area contributed by atoms with Crippen molar-refractivity contribution in [1.29, 1.82) is 0 Å². The Hall–Kier alpha value is -1.86. The van der Waals surface area contributed by atoms with Gasteiger partial charge in [0.15, 0.2) is 0 Å². The minimum Gasteiger partial charge on any atom is -0.377 e. The second-order valence-electron chi connectivity index (χ2n) is 8.32. The minimum atomic E-state index is 0.682. The van der Waals surface area contributed by atoms with Gasteiger partial charge in [-0.05, 0) is 72.6 Å². The molecule has 0 amide bonds. The maximum Gasteiger partial charge on any atom is 0.0644 e. The molecule has 150 valence electrons. The Bertz CT molecular complexity index is 690. The highest BCUT2D eigenvalue weighted by Gasteiger charge is 2.22. The predicted molar refractivity (Wildman–Crippen MR) is 121 cm³/mol. The molecule has 0 N–H and O–H groups in total. The summed E-state index contributed by atoms with van der Waals surface area (Å²) < 4.78 is 5.65. The number of benzene rings is 2.